The van der Waals surface area contributed by atoms with Crippen molar-refractivity contribution in [3.63, 3.8) is 0 Å². The Hall–Kier alpha value is -2.93. The summed E-state index contributed by atoms with van der Waals surface area (Å²) >= 11 is 1.63. The summed E-state index contributed by atoms with van der Waals surface area (Å²) in [5.74, 6) is -0.252. The summed E-state index contributed by atoms with van der Waals surface area (Å²) in [7, 11) is 1.53. The average molecular weight is 398 g/mol. The van der Waals surface area contributed by atoms with E-state index in [2.05, 4.69) is 10.3 Å². The number of hydrogen-bond donors (Lipinski definition) is 1. The van der Waals surface area contributed by atoms with Crippen molar-refractivity contribution >= 4 is 39.1 Å². The lowest BCUT2D eigenvalue weighted by atomic mass is 10.2. The van der Waals surface area contributed by atoms with Crippen molar-refractivity contribution in [2.75, 3.05) is 12.4 Å². The first kappa shape index (κ1) is 19.8. The minimum absolute atomic E-state index is 0.238. The van der Waals surface area contributed by atoms with E-state index in [1.54, 1.807) is 36.5 Å². The topological polar surface area (TPSA) is 77.5 Å². The van der Waals surface area contributed by atoms with Gasteiger partial charge in [-0.05, 0) is 44.0 Å². The Morgan fingerprint density at radius 3 is 2.68 bits per heavy atom. The highest BCUT2D eigenvalue weighted by molar-refractivity contribution is 7.18. The molecule has 3 rings (SSSR count). The molecule has 0 aliphatic rings. The van der Waals surface area contributed by atoms with Crippen molar-refractivity contribution in [3.05, 3.63) is 53.5 Å². The third-order valence-electron chi connectivity index (χ3n) is 4.15. The Bertz CT molecular complexity index is 937. The van der Waals surface area contributed by atoms with Crippen LogP contribution in [0.15, 0.2) is 48.5 Å². The molecule has 1 aromatic heterocycles. The predicted molar refractivity (Wildman–Crippen MR) is 110 cm³/mol. The monoisotopic (exact) mass is 398 g/mol. The van der Waals surface area contributed by atoms with Gasteiger partial charge in [0, 0.05) is 6.42 Å². The molecule has 0 unspecified atom stereocenters. The maximum absolute atomic E-state index is 12.3. The molecule has 0 aliphatic carbocycles. The zero-order valence-corrected chi connectivity index (χ0v) is 16.6. The van der Waals surface area contributed by atoms with Gasteiger partial charge in [-0.25, -0.2) is 4.98 Å². The Balaban J connectivity index is 1.45. The molecule has 2 aromatic carbocycles. The van der Waals surface area contributed by atoms with E-state index in [1.165, 1.54) is 7.11 Å². The fraction of sp³-hybridized carbons (Fsp3) is 0.286. The fourth-order valence-corrected chi connectivity index (χ4v) is 3.71. The first-order valence-electron chi connectivity index (χ1n) is 9.04. The number of amides is 1. The van der Waals surface area contributed by atoms with Crippen LogP contribution in [-0.4, -0.2) is 30.1 Å². The van der Waals surface area contributed by atoms with E-state index in [0.29, 0.717) is 24.3 Å². The number of nitrogens with zero attached hydrogens (tertiary/aromatic N) is 1. The summed E-state index contributed by atoms with van der Waals surface area (Å²) in [4.78, 5) is 28.9. The second-order valence-electron chi connectivity index (χ2n) is 6.25. The molecule has 0 fully saturated rings. The number of thiazole rings is 1. The van der Waals surface area contributed by atoms with E-state index in [9.17, 15) is 9.59 Å². The molecule has 7 heteroatoms. The van der Waals surface area contributed by atoms with Crippen LogP contribution in [0.4, 0.5) is 5.69 Å². The number of carbonyl (C=O) groups excluding carboxylic acids is 2. The van der Waals surface area contributed by atoms with Crippen LogP contribution in [0, 0.1) is 0 Å². The number of hydrogen-bond acceptors (Lipinski definition) is 6. The molecular formula is C21H22N2O4S. The molecule has 0 saturated carbocycles. The Labute approximate surface area is 167 Å². The van der Waals surface area contributed by atoms with Gasteiger partial charge in [0.05, 0.1) is 28.0 Å². The van der Waals surface area contributed by atoms with Gasteiger partial charge in [-0.1, -0.05) is 24.3 Å². The van der Waals surface area contributed by atoms with Crippen molar-refractivity contribution in [3.8, 4) is 5.75 Å². The smallest absolute Gasteiger partial charge is 0.306 e. The molecule has 6 nitrogen and oxygen atoms in total. The third kappa shape index (κ3) is 5.07. The molecule has 28 heavy (non-hydrogen) atoms. The number of carbonyl (C=O) groups is 2. The number of esters is 1. The maximum Gasteiger partial charge on any atom is 0.306 e. The highest BCUT2D eigenvalue weighted by Crippen LogP contribution is 2.24. The Morgan fingerprint density at radius 2 is 1.89 bits per heavy atom. The number of nitrogens with one attached hydrogen (secondary N) is 1. The maximum atomic E-state index is 12.3. The van der Waals surface area contributed by atoms with Crippen LogP contribution in [0.5, 0.6) is 5.75 Å². The number of anilines is 1. The van der Waals surface area contributed by atoms with E-state index in [-0.39, 0.29) is 6.42 Å². The lowest BCUT2D eigenvalue weighted by Gasteiger charge is -2.15. The number of rotatable bonds is 8. The van der Waals surface area contributed by atoms with Crippen molar-refractivity contribution in [1.29, 1.82) is 0 Å². The minimum Gasteiger partial charge on any atom is -0.495 e. The molecule has 146 valence electrons. The third-order valence-corrected chi connectivity index (χ3v) is 5.25. The summed E-state index contributed by atoms with van der Waals surface area (Å²) in [6.45, 7) is 1.55. The molecule has 0 radical (unpaired) electrons. The molecule has 3 aromatic rings. The van der Waals surface area contributed by atoms with Crippen LogP contribution >= 0.6 is 11.3 Å². The summed E-state index contributed by atoms with van der Waals surface area (Å²) in [5, 5.41) is 3.71. The van der Waals surface area contributed by atoms with Crippen LogP contribution in [0.2, 0.25) is 0 Å². The molecule has 0 aliphatic heterocycles. The zero-order valence-electron chi connectivity index (χ0n) is 15.8. The normalized spacial score (nSPS) is 11.8. The van der Waals surface area contributed by atoms with Gasteiger partial charge in [0.15, 0.2) is 6.10 Å². The van der Waals surface area contributed by atoms with Crippen LogP contribution in [0.3, 0.4) is 0 Å². The van der Waals surface area contributed by atoms with E-state index in [4.69, 9.17) is 9.47 Å². The van der Waals surface area contributed by atoms with Crippen LogP contribution in [0.1, 0.15) is 24.8 Å². The molecule has 0 saturated heterocycles. The molecular weight excluding hydrogens is 376 g/mol. The average Bonchev–Trinajstić information content (AvgIpc) is 3.11. The molecule has 1 atom stereocenters. The summed E-state index contributed by atoms with van der Waals surface area (Å²) in [5.41, 5.74) is 1.51. The summed E-state index contributed by atoms with van der Waals surface area (Å²) in [6.07, 6.45) is 0.678. The zero-order chi connectivity index (χ0) is 19.9. The van der Waals surface area contributed by atoms with Crippen molar-refractivity contribution in [1.82, 2.24) is 4.98 Å². The quantitative estimate of drug-likeness (QED) is 0.576. The van der Waals surface area contributed by atoms with Gasteiger partial charge in [0.2, 0.25) is 0 Å². The molecule has 1 amide bonds. The summed E-state index contributed by atoms with van der Waals surface area (Å²) < 4.78 is 11.6. The van der Waals surface area contributed by atoms with E-state index in [0.717, 1.165) is 15.2 Å². The summed E-state index contributed by atoms with van der Waals surface area (Å²) in [6, 6.07) is 15.0. The van der Waals surface area contributed by atoms with Crippen LogP contribution in [-0.2, 0) is 20.7 Å². The number of fused-ring (bicyclic) bond motifs is 1. The van der Waals surface area contributed by atoms with Gasteiger partial charge >= 0.3 is 5.97 Å². The number of benzene rings is 2. The lowest BCUT2D eigenvalue weighted by Crippen LogP contribution is -2.30. The fourth-order valence-electron chi connectivity index (χ4n) is 2.70. The first-order chi connectivity index (χ1) is 13.6. The van der Waals surface area contributed by atoms with Gasteiger partial charge < -0.3 is 14.8 Å². The van der Waals surface area contributed by atoms with Gasteiger partial charge in [0.1, 0.15) is 5.75 Å². The largest absolute Gasteiger partial charge is 0.495 e. The predicted octanol–water partition coefficient (Wildman–Crippen LogP) is 4.20. The lowest BCUT2D eigenvalue weighted by molar-refractivity contribution is -0.153. The number of para-hydroxylation sites is 3. The van der Waals surface area contributed by atoms with Crippen LogP contribution < -0.4 is 10.1 Å². The number of aryl methyl sites for hydroxylation is 1. The molecule has 1 heterocycles. The first-order valence-corrected chi connectivity index (χ1v) is 9.86. The number of methoxy groups -OCH3 is 1. The number of aromatic nitrogens is 1. The minimum atomic E-state index is -0.889. The standard InChI is InChI=1S/C21H22N2O4S/c1-14(21(25)23-15-8-3-5-10-17(15)26-2)27-20(24)13-7-12-19-22-16-9-4-6-11-18(16)28-19/h3-6,8-11,14H,7,12-13H2,1-2H3,(H,23,25)/t14-/m1/s1. The van der Waals surface area contributed by atoms with Crippen molar-refractivity contribution < 1.29 is 19.1 Å². The van der Waals surface area contributed by atoms with E-state index < -0.39 is 18.0 Å². The van der Waals surface area contributed by atoms with Gasteiger partial charge in [0.25, 0.3) is 5.91 Å². The highest BCUT2D eigenvalue weighted by atomic mass is 32.1. The van der Waals surface area contributed by atoms with Gasteiger partial charge in [-0.2, -0.15) is 0 Å². The van der Waals surface area contributed by atoms with Crippen LogP contribution in [0.25, 0.3) is 10.2 Å². The van der Waals surface area contributed by atoms with E-state index >= 15 is 0 Å². The number of ether oxygens (including phenoxy) is 2. The Kier molecular flexibility index (Phi) is 6.60. The second-order valence-corrected chi connectivity index (χ2v) is 7.37. The Morgan fingerprint density at radius 1 is 1.14 bits per heavy atom. The van der Waals surface area contributed by atoms with Gasteiger partial charge in [-0.3, -0.25) is 9.59 Å². The van der Waals surface area contributed by atoms with E-state index in [1.807, 2.05) is 30.3 Å². The molecule has 0 bridgehead atoms. The second kappa shape index (κ2) is 9.32. The molecule has 0 spiro atoms. The SMILES string of the molecule is COc1ccccc1NC(=O)[C@@H](C)OC(=O)CCCc1nc2ccccc2s1. The molecule has 1 N–H and O–H groups in total. The van der Waals surface area contributed by atoms with Gasteiger partial charge in [-0.15, -0.1) is 11.3 Å². The van der Waals surface area contributed by atoms with Crippen molar-refractivity contribution in [2.45, 2.75) is 32.3 Å². The highest BCUT2D eigenvalue weighted by Gasteiger charge is 2.19. The van der Waals surface area contributed by atoms with Crippen molar-refractivity contribution in [2.24, 2.45) is 0 Å².